The number of aliphatic carboxylic acids is 1. The molecule has 0 aliphatic heterocycles. The molecular formula is C25H38O5. The van der Waals surface area contributed by atoms with Gasteiger partial charge in [-0.1, -0.05) is 50.5 Å². The van der Waals surface area contributed by atoms with Crippen molar-refractivity contribution in [2.75, 3.05) is 6.61 Å². The molecule has 30 heavy (non-hydrogen) atoms. The van der Waals surface area contributed by atoms with Gasteiger partial charge in [-0.25, -0.2) is 0 Å². The minimum absolute atomic E-state index is 0.111. The summed E-state index contributed by atoms with van der Waals surface area (Å²) in [6.07, 6.45) is 11.4. The van der Waals surface area contributed by atoms with Crippen LogP contribution in [0.5, 0.6) is 0 Å². The molecule has 0 unspecified atom stereocenters. The lowest BCUT2D eigenvalue weighted by atomic mass is 9.53. The zero-order chi connectivity index (χ0) is 21.6. The average Bonchev–Trinajstić information content (AvgIpc) is 2.73. The standard InChI is InChI=1S/C25H38O5/c1-2-3-16-30-25-15-14-23(27)20(12-13-22(26)18-8-5-4-6-9-18)21(25)17-19(25)10-7-11-24(28)29/h10,18,20-23,26-27H,2-9,11,14-17H2,1H3,(H,28,29)/t20-,21-,22-,23-,25+/m1/s1. The monoisotopic (exact) mass is 418 g/mol. The predicted molar refractivity (Wildman–Crippen MR) is 116 cm³/mol. The number of ether oxygens (including phenoxy) is 1. The van der Waals surface area contributed by atoms with Crippen LogP contribution in [0.4, 0.5) is 0 Å². The molecule has 168 valence electrons. The first-order chi connectivity index (χ1) is 14.5. The molecule has 3 rings (SSSR count). The van der Waals surface area contributed by atoms with E-state index in [2.05, 4.69) is 18.8 Å². The second-order valence-corrected chi connectivity index (χ2v) is 9.33. The van der Waals surface area contributed by atoms with Crippen LogP contribution in [0.25, 0.3) is 0 Å². The van der Waals surface area contributed by atoms with Crippen LogP contribution < -0.4 is 0 Å². The molecule has 0 radical (unpaired) electrons. The molecule has 3 saturated carbocycles. The molecular weight excluding hydrogens is 380 g/mol. The Balaban J connectivity index is 1.73. The van der Waals surface area contributed by atoms with E-state index in [0.29, 0.717) is 19.4 Å². The first-order valence-corrected chi connectivity index (χ1v) is 11.9. The quantitative estimate of drug-likeness (QED) is 0.314. The molecule has 5 heteroatoms. The number of fused-ring (bicyclic) bond motifs is 1. The Kier molecular flexibility index (Phi) is 8.39. The molecule has 0 aromatic carbocycles. The van der Waals surface area contributed by atoms with E-state index in [4.69, 9.17) is 9.84 Å². The van der Waals surface area contributed by atoms with Gasteiger partial charge in [0.25, 0.3) is 0 Å². The molecule has 3 aliphatic carbocycles. The lowest BCUT2D eigenvalue weighted by Crippen LogP contribution is -2.60. The number of rotatable bonds is 8. The average molecular weight is 419 g/mol. The van der Waals surface area contributed by atoms with Crippen molar-refractivity contribution < 1.29 is 24.9 Å². The highest BCUT2D eigenvalue weighted by molar-refractivity contribution is 5.66. The van der Waals surface area contributed by atoms with E-state index >= 15 is 0 Å². The Labute approximate surface area is 180 Å². The Morgan fingerprint density at radius 3 is 2.77 bits per heavy atom. The summed E-state index contributed by atoms with van der Waals surface area (Å²) in [6.45, 7) is 2.80. The third-order valence-corrected chi connectivity index (χ3v) is 7.34. The summed E-state index contributed by atoms with van der Waals surface area (Å²) in [5.41, 5.74) is 0.763. The Bertz CT molecular complexity index is 669. The Hall–Kier alpha value is -1.35. The van der Waals surface area contributed by atoms with Crippen molar-refractivity contribution in [3.63, 3.8) is 0 Å². The molecule has 0 spiro atoms. The number of allylic oxidation sites excluding steroid dienone is 1. The summed E-state index contributed by atoms with van der Waals surface area (Å²) >= 11 is 0. The van der Waals surface area contributed by atoms with Gasteiger partial charge in [-0.3, -0.25) is 4.79 Å². The van der Waals surface area contributed by atoms with Crippen LogP contribution in [0.15, 0.2) is 11.6 Å². The molecule has 5 atom stereocenters. The molecule has 0 bridgehead atoms. The zero-order valence-corrected chi connectivity index (χ0v) is 18.3. The van der Waals surface area contributed by atoms with Gasteiger partial charge in [0.1, 0.15) is 6.10 Å². The molecule has 5 nitrogen and oxygen atoms in total. The zero-order valence-electron chi connectivity index (χ0n) is 18.3. The first-order valence-electron chi connectivity index (χ1n) is 11.9. The number of hydrogen-bond acceptors (Lipinski definition) is 4. The largest absolute Gasteiger partial charge is 0.481 e. The third-order valence-electron chi connectivity index (χ3n) is 7.34. The predicted octanol–water partition coefficient (Wildman–Crippen LogP) is 4.07. The number of carboxylic acids is 1. The van der Waals surface area contributed by atoms with Crippen LogP contribution in [0.3, 0.4) is 0 Å². The van der Waals surface area contributed by atoms with Gasteiger partial charge in [0.05, 0.1) is 17.6 Å². The lowest BCUT2D eigenvalue weighted by Gasteiger charge is -2.57. The van der Waals surface area contributed by atoms with Crippen molar-refractivity contribution >= 4 is 5.97 Å². The number of hydrogen-bond donors (Lipinski definition) is 3. The van der Waals surface area contributed by atoms with Crippen molar-refractivity contribution in [2.45, 2.75) is 102 Å². The van der Waals surface area contributed by atoms with E-state index in [1.54, 1.807) is 0 Å². The van der Waals surface area contributed by atoms with Gasteiger partial charge in [0, 0.05) is 18.9 Å². The van der Waals surface area contributed by atoms with Gasteiger partial charge in [0.2, 0.25) is 0 Å². The normalized spacial score (nSPS) is 33.8. The molecule has 0 heterocycles. The van der Waals surface area contributed by atoms with Gasteiger partial charge in [0.15, 0.2) is 0 Å². The van der Waals surface area contributed by atoms with Crippen molar-refractivity contribution in [1.82, 2.24) is 0 Å². The molecule has 3 N–H and O–H groups in total. The topological polar surface area (TPSA) is 87.0 Å². The van der Waals surface area contributed by atoms with Crippen molar-refractivity contribution in [3.05, 3.63) is 11.6 Å². The summed E-state index contributed by atoms with van der Waals surface area (Å²) in [5.74, 6) is 5.72. The lowest BCUT2D eigenvalue weighted by molar-refractivity contribution is -0.156. The summed E-state index contributed by atoms with van der Waals surface area (Å²) in [6, 6.07) is 0. The van der Waals surface area contributed by atoms with Gasteiger partial charge in [-0.05, 0) is 56.4 Å². The Morgan fingerprint density at radius 2 is 2.07 bits per heavy atom. The highest BCUT2D eigenvalue weighted by atomic mass is 16.5. The van der Waals surface area contributed by atoms with Crippen LogP contribution in [-0.4, -0.2) is 45.7 Å². The van der Waals surface area contributed by atoms with E-state index < -0.39 is 23.8 Å². The number of aliphatic hydroxyl groups excluding tert-OH is 2. The molecule has 0 amide bonds. The van der Waals surface area contributed by atoms with Gasteiger partial charge in [-0.2, -0.15) is 0 Å². The summed E-state index contributed by atoms with van der Waals surface area (Å²) in [7, 11) is 0. The summed E-state index contributed by atoms with van der Waals surface area (Å²) in [4.78, 5) is 10.9. The number of unbranched alkanes of at least 4 members (excludes halogenated alkanes) is 1. The van der Waals surface area contributed by atoms with Crippen LogP contribution in [0.1, 0.15) is 84.0 Å². The van der Waals surface area contributed by atoms with E-state index in [1.165, 1.54) is 12.0 Å². The van der Waals surface area contributed by atoms with Crippen LogP contribution in [0.2, 0.25) is 0 Å². The van der Waals surface area contributed by atoms with Crippen molar-refractivity contribution in [1.29, 1.82) is 0 Å². The maximum absolute atomic E-state index is 10.9. The van der Waals surface area contributed by atoms with E-state index in [0.717, 1.165) is 51.4 Å². The second-order valence-electron chi connectivity index (χ2n) is 9.33. The Morgan fingerprint density at radius 1 is 1.30 bits per heavy atom. The van der Waals surface area contributed by atoms with Crippen molar-refractivity contribution in [3.8, 4) is 11.8 Å². The molecule has 3 fully saturated rings. The van der Waals surface area contributed by atoms with Crippen molar-refractivity contribution in [2.24, 2.45) is 17.8 Å². The summed E-state index contributed by atoms with van der Waals surface area (Å²) in [5, 5.41) is 30.2. The fourth-order valence-electron chi connectivity index (χ4n) is 5.50. The summed E-state index contributed by atoms with van der Waals surface area (Å²) < 4.78 is 6.42. The second kappa shape index (κ2) is 10.8. The minimum atomic E-state index is -0.789. The maximum atomic E-state index is 10.9. The minimum Gasteiger partial charge on any atom is -0.481 e. The third kappa shape index (κ3) is 5.28. The highest BCUT2D eigenvalue weighted by Crippen LogP contribution is 2.57. The molecule has 0 aromatic rings. The fourth-order valence-corrected chi connectivity index (χ4v) is 5.50. The van der Waals surface area contributed by atoms with Crippen LogP contribution in [-0.2, 0) is 9.53 Å². The maximum Gasteiger partial charge on any atom is 0.303 e. The van der Waals surface area contributed by atoms with Gasteiger partial charge >= 0.3 is 5.97 Å². The number of aliphatic hydroxyl groups is 2. The first kappa shape index (κ1) is 23.3. The molecule has 0 saturated heterocycles. The molecule has 0 aromatic heterocycles. The van der Waals surface area contributed by atoms with Crippen LogP contribution in [0, 0.1) is 29.6 Å². The van der Waals surface area contributed by atoms with E-state index in [1.807, 2.05) is 6.08 Å². The fraction of sp³-hybridized carbons (Fsp3) is 0.800. The van der Waals surface area contributed by atoms with E-state index in [9.17, 15) is 15.0 Å². The van der Waals surface area contributed by atoms with Crippen LogP contribution >= 0.6 is 0 Å². The number of carboxylic acid groups (broad SMARTS) is 1. The highest BCUT2D eigenvalue weighted by Gasteiger charge is 2.58. The van der Waals surface area contributed by atoms with Gasteiger partial charge < -0.3 is 20.1 Å². The SMILES string of the molecule is CCCCO[C@]12CC[C@@H](O)[C@H](C#C[C@@H](O)C3CCCCC3)[C@H]1CC2=CCCC(=O)O. The van der Waals surface area contributed by atoms with Gasteiger partial charge in [-0.15, -0.1) is 0 Å². The van der Waals surface area contributed by atoms with E-state index in [-0.39, 0.29) is 24.2 Å². The molecule has 3 aliphatic rings. The number of carbonyl (C=O) groups is 1. The smallest absolute Gasteiger partial charge is 0.303 e.